The first kappa shape index (κ1) is 13.0. The quantitative estimate of drug-likeness (QED) is 0.768. The molecule has 0 aromatic heterocycles. The topological polar surface area (TPSA) is 38.7 Å². The number of hydrogen-bond donors (Lipinski definition) is 1. The lowest BCUT2D eigenvalue weighted by Crippen LogP contribution is -2.12. The van der Waals surface area contributed by atoms with Gasteiger partial charge in [0, 0.05) is 20.3 Å². The van der Waals surface area contributed by atoms with Crippen LogP contribution in [0.2, 0.25) is 0 Å². The van der Waals surface area contributed by atoms with Crippen LogP contribution in [0.25, 0.3) is 0 Å². The number of para-hydroxylation sites is 1. The van der Waals surface area contributed by atoms with Gasteiger partial charge in [-0.25, -0.2) is 0 Å². The van der Waals surface area contributed by atoms with E-state index in [1.54, 1.807) is 14.2 Å². The normalized spacial score (nSPS) is 12.4. The van der Waals surface area contributed by atoms with Gasteiger partial charge in [-0.15, -0.1) is 0 Å². The number of aliphatic hydroxyl groups is 1. The summed E-state index contributed by atoms with van der Waals surface area (Å²) in [4.78, 5) is 0. The minimum absolute atomic E-state index is 0.182. The molecular weight excluding hydrogens is 204 g/mol. The standard InChI is InChI=1S/C13H20O3/c1-15-8-7-11(10-14)9-12-5-3-4-6-13(12)16-2/h3-6,11,14H,7-10H2,1-2H3. The number of hydrogen-bond acceptors (Lipinski definition) is 3. The van der Waals surface area contributed by atoms with Gasteiger partial charge in [-0.3, -0.25) is 0 Å². The van der Waals surface area contributed by atoms with Gasteiger partial charge in [-0.05, 0) is 30.4 Å². The SMILES string of the molecule is COCCC(CO)Cc1ccccc1OC. The molecule has 1 aromatic carbocycles. The summed E-state index contributed by atoms with van der Waals surface area (Å²) in [5.41, 5.74) is 1.14. The smallest absolute Gasteiger partial charge is 0.122 e. The van der Waals surface area contributed by atoms with Crippen molar-refractivity contribution in [3.8, 4) is 5.75 Å². The summed E-state index contributed by atoms with van der Waals surface area (Å²) >= 11 is 0. The van der Waals surface area contributed by atoms with E-state index in [2.05, 4.69) is 0 Å². The molecule has 1 atom stereocenters. The van der Waals surface area contributed by atoms with Crippen molar-refractivity contribution in [2.24, 2.45) is 5.92 Å². The van der Waals surface area contributed by atoms with Crippen molar-refractivity contribution in [2.45, 2.75) is 12.8 Å². The fourth-order valence-corrected chi connectivity index (χ4v) is 1.73. The highest BCUT2D eigenvalue weighted by atomic mass is 16.5. The highest BCUT2D eigenvalue weighted by molar-refractivity contribution is 5.33. The molecule has 0 aliphatic rings. The zero-order valence-electron chi connectivity index (χ0n) is 9.98. The average molecular weight is 224 g/mol. The van der Waals surface area contributed by atoms with E-state index in [-0.39, 0.29) is 12.5 Å². The maximum atomic E-state index is 9.28. The Morgan fingerprint density at radius 3 is 2.62 bits per heavy atom. The molecule has 1 rings (SSSR count). The molecule has 90 valence electrons. The van der Waals surface area contributed by atoms with Crippen molar-refractivity contribution in [3.05, 3.63) is 29.8 Å². The summed E-state index contributed by atoms with van der Waals surface area (Å²) in [6.07, 6.45) is 1.69. The van der Waals surface area contributed by atoms with Gasteiger partial charge in [-0.2, -0.15) is 0 Å². The molecule has 0 spiro atoms. The Kier molecular flexibility index (Phi) is 5.90. The predicted molar refractivity (Wildman–Crippen MR) is 63.8 cm³/mol. The monoisotopic (exact) mass is 224 g/mol. The van der Waals surface area contributed by atoms with Gasteiger partial charge >= 0.3 is 0 Å². The number of aliphatic hydroxyl groups excluding tert-OH is 1. The second-order valence-electron chi connectivity index (χ2n) is 3.85. The summed E-state index contributed by atoms with van der Waals surface area (Å²) in [7, 11) is 3.35. The van der Waals surface area contributed by atoms with Crippen LogP contribution in [0.4, 0.5) is 0 Å². The van der Waals surface area contributed by atoms with Gasteiger partial charge in [0.15, 0.2) is 0 Å². The van der Waals surface area contributed by atoms with Crippen LogP contribution in [0.3, 0.4) is 0 Å². The molecule has 0 saturated heterocycles. The Morgan fingerprint density at radius 1 is 1.25 bits per heavy atom. The van der Waals surface area contributed by atoms with Crippen LogP contribution in [0.5, 0.6) is 5.75 Å². The van der Waals surface area contributed by atoms with E-state index >= 15 is 0 Å². The molecule has 0 radical (unpaired) electrons. The van der Waals surface area contributed by atoms with Crippen LogP contribution in [-0.2, 0) is 11.2 Å². The van der Waals surface area contributed by atoms with E-state index in [0.29, 0.717) is 6.61 Å². The van der Waals surface area contributed by atoms with Crippen molar-refractivity contribution in [1.29, 1.82) is 0 Å². The van der Waals surface area contributed by atoms with E-state index in [0.717, 1.165) is 24.2 Å². The van der Waals surface area contributed by atoms with Crippen molar-refractivity contribution in [2.75, 3.05) is 27.4 Å². The van der Waals surface area contributed by atoms with E-state index in [9.17, 15) is 5.11 Å². The fraction of sp³-hybridized carbons (Fsp3) is 0.538. The Balaban J connectivity index is 2.62. The summed E-state index contributed by atoms with van der Waals surface area (Å²) in [5.74, 6) is 1.12. The van der Waals surface area contributed by atoms with Crippen molar-refractivity contribution in [1.82, 2.24) is 0 Å². The van der Waals surface area contributed by atoms with Crippen LogP contribution in [0, 0.1) is 5.92 Å². The van der Waals surface area contributed by atoms with E-state index in [1.165, 1.54) is 0 Å². The maximum absolute atomic E-state index is 9.28. The third kappa shape index (κ3) is 3.83. The van der Waals surface area contributed by atoms with E-state index in [4.69, 9.17) is 9.47 Å². The third-order valence-corrected chi connectivity index (χ3v) is 2.69. The predicted octanol–water partition coefficient (Wildman–Crippen LogP) is 1.88. The Labute approximate surface area is 97.0 Å². The number of rotatable bonds is 7. The maximum Gasteiger partial charge on any atom is 0.122 e. The van der Waals surface area contributed by atoms with E-state index < -0.39 is 0 Å². The lowest BCUT2D eigenvalue weighted by Gasteiger charge is -2.15. The molecule has 0 heterocycles. The van der Waals surface area contributed by atoms with Gasteiger partial charge in [0.1, 0.15) is 5.75 Å². The second kappa shape index (κ2) is 7.25. The van der Waals surface area contributed by atoms with Crippen LogP contribution in [0.15, 0.2) is 24.3 Å². The Morgan fingerprint density at radius 2 is 2.00 bits per heavy atom. The summed E-state index contributed by atoms with van der Waals surface area (Å²) < 4.78 is 10.3. The third-order valence-electron chi connectivity index (χ3n) is 2.69. The van der Waals surface area contributed by atoms with Crippen LogP contribution in [0.1, 0.15) is 12.0 Å². The molecule has 0 saturated carbocycles. The Bertz CT molecular complexity index is 299. The van der Waals surface area contributed by atoms with Gasteiger partial charge < -0.3 is 14.6 Å². The molecule has 0 fully saturated rings. The molecule has 3 heteroatoms. The minimum atomic E-state index is 0.182. The lowest BCUT2D eigenvalue weighted by atomic mass is 9.97. The molecule has 1 unspecified atom stereocenters. The summed E-state index contributed by atoms with van der Waals surface area (Å²) in [6.45, 7) is 0.863. The Hall–Kier alpha value is -1.06. The zero-order valence-corrected chi connectivity index (χ0v) is 9.98. The van der Waals surface area contributed by atoms with Crippen LogP contribution in [-0.4, -0.2) is 32.5 Å². The number of ether oxygens (including phenoxy) is 2. The zero-order chi connectivity index (χ0) is 11.8. The first-order chi connectivity index (χ1) is 7.81. The molecule has 1 N–H and O–H groups in total. The minimum Gasteiger partial charge on any atom is -0.496 e. The van der Waals surface area contributed by atoms with Crippen molar-refractivity contribution >= 4 is 0 Å². The molecule has 3 nitrogen and oxygen atoms in total. The molecule has 16 heavy (non-hydrogen) atoms. The van der Waals surface area contributed by atoms with Crippen LogP contribution < -0.4 is 4.74 Å². The van der Waals surface area contributed by atoms with E-state index in [1.807, 2.05) is 24.3 Å². The number of methoxy groups -OCH3 is 2. The summed E-state index contributed by atoms with van der Waals surface area (Å²) in [6, 6.07) is 7.92. The lowest BCUT2D eigenvalue weighted by molar-refractivity contribution is 0.147. The fourth-order valence-electron chi connectivity index (χ4n) is 1.73. The van der Waals surface area contributed by atoms with Gasteiger partial charge in [0.25, 0.3) is 0 Å². The second-order valence-corrected chi connectivity index (χ2v) is 3.85. The number of benzene rings is 1. The van der Waals surface area contributed by atoms with Crippen molar-refractivity contribution in [3.63, 3.8) is 0 Å². The molecule has 0 bridgehead atoms. The molecule has 1 aromatic rings. The van der Waals surface area contributed by atoms with Crippen molar-refractivity contribution < 1.29 is 14.6 Å². The van der Waals surface area contributed by atoms with Gasteiger partial charge in [-0.1, -0.05) is 18.2 Å². The van der Waals surface area contributed by atoms with Crippen LogP contribution >= 0.6 is 0 Å². The van der Waals surface area contributed by atoms with Gasteiger partial charge in [0.05, 0.1) is 7.11 Å². The first-order valence-electron chi connectivity index (χ1n) is 5.53. The first-order valence-corrected chi connectivity index (χ1v) is 5.53. The largest absolute Gasteiger partial charge is 0.496 e. The van der Waals surface area contributed by atoms with Gasteiger partial charge in [0.2, 0.25) is 0 Å². The average Bonchev–Trinajstić information content (AvgIpc) is 2.34. The molecular formula is C13H20O3. The molecule has 0 aliphatic heterocycles. The summed E-state index contributed by atoms with van der Waals surface area (Å²) in [5, 5.41) is 9.28. The highest BCUT2D eigenvalue weighted by Gasteiger charge is 2.11. The molecule has 0 aliphatic carbocycles. The molecule has 0 amide bonds. The highest BCUT2D eigenvalue weighted by Crippen LogP contribution is 2.22.